The van der Waals surface area contributed by atoms with E-state index in [0.717, 1.165) is 6.07 Å². The van der Waals surface area contributed by atoms with Crippen molar-refractivity contribution in [2.24, 2.45) is 4.99 Å². The van der Waals surface area contributed by atoms with Gasteiger partial charge in [0, 0.05) is 0 Å². The summed E-state index contributed by atoms with van der Waals surface area (Å²) in [6.45, 7) is 0. The van der Waals surface area contributed by atoms with Gasteiger partial charge in [0.15, 0.2) is 0 Å². The van der Waals surface area contributed by atoms with Crippen molar-refractivity contribution in [3.63, 3.8) is 0 Å². The van der Waals surface area contributed by atoms with Gasteiger partial charge in [-0.05, 0) is 12.1 Å². The molecule has 0 N–H and O–H groups in total. The number of hydrogen-bond acceptors (Lipinski definition) is 2. The maximum atomic E-state index is 12.7. The lowest BCUT2D eigenvalue weighted by atomic mass is 9.96. The third kappa shape index (κ3) is 1.75. The molecule has 0 bridgehead atoms. The lowest BCUT2D eigenvalue weighted by Gasteiger charge is -1.94. The third-order valence-corrected chi connectivity index (χ3v) is 1.14. The standard InChI is InChI=1S/C7H3BFNO/c8-5-1-2-7(10-4-11)6(9)3-5/h1-3H. The van der Waals surface area contributed by atoms with Crippen LogP contribution in [0, 0.1) is 5.82 Å². The van der Waals surface area contributed by atoms with Crippen molar-refractivity contribution in [3.8, 4) is 0 Å². The molecule has 11 heavy (non-hydrogen) atoms. The minimum atomic E-state index is -0.617. The smallest absolute Gasteiger partial charge is 0.211 e. The Morgan fingerprint density at radius 1 is 1.55 bits per heavy atom. The van der Waals surface area contributed by atoms with Crippen molar-refractivity contribution in [3.05, 3.63) is 24.0 Å². The number of rotatable bonds is 1. The Morgan fingerprint density at radius 3 is 2.82 bits per heavy atom. The van der Waals surface area contributed by atoms with Crippen LogP contribution < -0.4 is 5.46 Å². The van der Waals surface area contributed by atoms with E-state index in [1.807, 2.05) is 0 Å². The van der Waals surface area contributed by atoms with Crippen LogP contribution in [0.1, 0.15) is 0 Å². The lowest BCUT2D eigenvalue weighted by molar-refractivity contribution is 0.564. The summed E-state index contributed by atoms with van der Waals surface area (Å²) in [6.07, 6.45) is 1.24. The Kier molecular flexibility index (Phi) is 2.19. The van der Waals surface area contributed by atoms with Crippen molar-refractivity contribution in [1.29, 1.82) is 0 Å². The molecule has 1 rings (SSSR count). The van der Waals surface area contributed by atoms with Gasteiger partial charge >= 0.3 is 0 Å². The minimum Gasteiger partial charge on any atom is -0.211 e. The van der Waals surface area contributed by atoms with E-state index < -0.39 is 5.82 Å². The molecule has 2 nitrogen and oxygen atoms in total. The Balaban J connectivity index is 3.19. The molecule has 0 atom stereocenters. The van der Waals surface area contributed by atoms with Crippen LogP contribution in [-0.4, -0.2) is 13.9 Å². The molecular formula is C7H3BFNO. The highest BCUT2D eigenvalue weighted by molar-refractivity contribution is 6.32. The zero-order valence-electron chi connectivity index (χ0n) is 5.54. The summed E-state index contributed by atoms with van der Waals surface area (Å²) >= 11 is 0. The van der Waals surface area contributed by atoms with Crippen molar-refractivity contribution < 1.29 is 9.18 Å². The van der Waals surface area contributed by atoms with Gasteiger partial charge in [-0.25, -0.2) is 9.18 Å². The molecule has 1 aromatic rings. The highest BCUT2D eigenvalue weighted by atomic mass is 19.1. The first-order chi connectivity index (χ1) is 5.24. The second-order valence-electron chi connectivity index (χ2n) is 1.91. The van der Waals surface area contributed by atoms with Crippen LogP contribution in [0.5, 0.6) is 0 Å². The number of benzene rings is 1. The molecule has 0 aliphatic heterocycles. The molecule has 0 aromatic heterocycles. The predicted octanol–water partition coefficient (Wildman–Crippen LogP) is 0.587. The highest BCUT2D eigenvalue weighted by Gasteiger charge is 1.98. The van der Waals surface area contributed by atoms with Crippen LogP contribution in [0.15, 0.2) is 23.2 Å². The van der Waals surface area contributed by atoms with E-state index >= 15 is 0 Å². The van der Waals surface area contributed by atoms with E-state index in [-0.39, 0.29) is 5.69 Å². The van der Waals surface area contributed by atoms with Crippen molar-refractivity contribution >= 4 is 25.1 Å². The fraction of sp³-hybridized carbons (Fsp3) is 0. The maximum Gasteiger partial charge on any atom is 0.240 e. The third-order valence-electron chi connectivity index (χ3n) is 1.14. The van der Waals surface area contributed by atoms with Gasteiger partial charge in [0.2, 0.25) is 6.08 Å². The van der Waals surface area contributed by atoms with Crippen molar-refractivity contribution in [1.82, 2.24) is 0 Å². The Labute approximate surface area is 64.2 Å². The SMILES string of the molecule is [B]c1ccc(N=C=O)c(F)c1. The van der Waals surface area contributed by atoms with Gasteiger partial charge in [-0.15, -0.1) is 0 Å². The van der Waals surface area contributed by atoms with E-state index in [1.165, 1.54) is 18.2 Å². The molecule has 0 aliphatic carbocycles. The molecule has 0 amide bonds. The number of isocyanates is 1. The normalized spacial score (nSPS) is 8.82. The summed E-state index contributed by atoms with van der Waals surface area (Å²) in [7, 11) is 5.24. The first-order valence-corrected chi connectivity index (χ1v) is 2.87. The van der Waals surface area contributed by atoms with Crippen LogP contribution in [0.3, 0.4) is 0 Å². The Morgan fingerprint density at radius 2 is 2.27 bits per heavy atom. The largest absolute Gasteiger partial charge is 0.240 e. The molecule has 4 heteroatoms. The molecule has 0 saturated carbocycles. The minimum absolute atomic E-state index is 0.0470. The van der Waals surface area contributed by atoms with E-state index in [0.29, 0.717) is 5.46 Å². The average Bonchev–Trinajstić information content (AvgIpc) is 1.95. The molecule has 2 radical (unpaired) electrons. The molecule has 0 saturated heterocycles. The van der Waals surface area contributed by atoms with Crippen LogP contribution in [0.25, 0.3) is 0 Å². The van der Waals surface area contributed by atoms with Crippen LogP contribution >= 0.6 is 0 Å². The number of halogens is 1. The number of aliphatic imine (C=N–C) groups is 1. The molecular weight excluding hydrogens is 144 g/mol. The zero-order chi connectivity index (χ0) is 8.27. The summed E-state index contributed by atoms with van der Waals surface area (Å²) in [5.41, 5.74) is 0.251. The quantitative estimate of drug-likeness (QED) is 0.324. The molecule has 0 aliphatic rings. The summed E-state index contributed by atoms with van der Waals surface area (Å²) in [5.74, 6) is -0.617. The van der Waals surface area contributed by atoms with E-state index in [2.05, 4.69) is 4.99 Å². The van der Waals surface area contributed by atoms with Crippen LogP contribution in [0.4, 0.5) is 10.1 Å². The van der Waals surface area contributed by atoms with Gasteiger partial charge in [-0.1, -0.05) is 11.5 Å². The molecule has 0 spiro atoms. The summed E-state index contributed by atoms with van der Waals surface area (Å²) < 4.78 is 12.7. The predicted molar refractivity (Wildman–Crippen MR) is 39.6 cm³/mol. The molecule has 0 heterocycles. The van der Waals surface area contributed by atoms with Crippen LogP contribution in [-0.2, 0) is 4.79 Å². The zero-order valence-corrected chi connectivity index (χ0v) is 5.54. The lowest BCUT2D eigenvalue weighted by Crippen LogP contribution is -2.00. The Bertz CT molecular complexity index is 320. The average molecular weight is 147 g/mol. The molecule has 52 valence electrons. The van der Waals surface area contributed by atoms with E-state index in [1.54, 1.807) is 0 Å². The number of hydrogen-bond donors (Lipinski definition) is 0. The fourth-order valence-corrected chi connectivity index (χ4v) is 0.663. The van der Waals surface area contributed by atoms with E-state index in [4.69, 9.17) is 7.85 Å². The summed E-state index contributed by atoms with van der Waals surface area (Å²) in [6, 6.07) is 3.87. The maximum absolute atomic E-state index is 12.7. The monoisotopic (exact) mass is 147 g/mol. The van der Waals surface area contributed by atoms with E-state index in [9.17, 15) is 9.18 Å². The first kappa shape index (κ1) is 7.70. The molecule has 0 fully saturated rings. The first-order valence-electron chi connectivity index (χ1n) is 2.87. The second-order valence-corrected chi connectivity index (χ2v) is 1.91. The second kappa shape index (κ2) is 3.13. The fourth-order valence-electron chi connectivity index (χ4n) is 0.663. The summed E-state index contributed by atoms with van der Waals surface area (Å²) in [5, 5.41) is 0. The highest BCUT2D eigenvalue weighted by Crippen LogP contribution is 2.13. The van der Waals surface area contributed by atoms with Crippen molar-refractivity contribution in [2.45, 2.75) is 0 Å². The number of nitrogens with zero attached hydrogens (tertiary/aromatic N) is 1. The van der Waals surface area contributed by atoms with Gasteiger partial charge < -0.3 is 0 Å². The summed E-state index contributed by atoms with van der Waals surface area (Å²) in [4.78, 5) is 12.8. The van der Waals surface area contributed by atoms with Gasteiger partial charge in [0.1, 0.15) is 19.4 Å². The molecule has 0 unspecified atom stereocenters. The topological polar surface area (TPSA) is 29.4 Å². The molecule has 1 aromatic carbocycles. The van der Waals surface area contributed by atoms with Gasteiger partial charge in [-0.2, -0.15) is 4.99 Å². The van der Waals surface area contributed by atoms with Gasteiger partial charge in [0.05, 0.1) is 0 Å². The van der Waals surface area contributed by atoms with Crippen molar-refractivity contribution in [2.75, 3.05) is 0 Å². The van der Waals surface area contributed by atoms with Gasteiger partial charge in [-0.3, -0.25) is 0 Å². The van der Waals surface area contributed by atoms with Crippen LogP contribution in [0.2, 0.25) is 0 Å². The Hall–Kier alpha value is -1.41. The van der Waals surface area contributed by atoms with Gasteiger partial charge in [0.25, 0.3) is 0 Å². The number of carbonyl (C=O) groups excluding carboxylic acids is 1.